The molecule has 1 atom stereocenters. The predicted octanol–water partition coefficient (Wildman–Crippen LogP) is 2.49. The molecule has 5 heteroatoms. The summed E-state index contributed by atoms with van der Waals surface area (Å²) >= 11 is 0. The molecular formula is C21H30N2O3. The lowest BCUT2D eigenvalue weighted by Crippen LogP contribution is -2.46. The second-order valence-electron chi connectivity index (χ2n) is 7.28. The highest BCUT2D eigenvalue weighted by Crippen LogP contribution is 2.19. The van der Waals surface area contributed by atoms with E-state index < -0.39 is 17.4 Å². The van der Waals surface area contributed by atoms with E-state index in [1.807, 2.05) is 30.3 Å². The summed E-state index contributed by atoms with van der Waals surface area (Å²) in [6, 6.07) is 9.87. The molecule has 2 rings (SSSR count). The third kappa shape index (κ3) is 7.40. The van der Waals surface area contributed by atoms with Gasteiger partial charge in [0, 0.05) is 13.1 Å². The number of amides is 2. The van der Waals surface area contributed by atoms with Crippen LogP contribution < -0.4 is 10.6 Å². The molecule has 5 nitrogen and oxygen atoms in total. The Labute approximate surface area is 155 Å². The Kier molecular flexibility index (Phi) is 7.85. The Morgan fingerprint density at radius 2 is 1.81 bits per heavy atom. The Morgan fingerprint density at radius 3 is 2.50 bits per heavy atom. The summed E-state index contributed by atoms with van der Waals surface area (Å²) in [5.41, 5.74) is 1.44. The van der Waals surface area contributed by atoms with Crippen molar-refractivity contribution >= 4 is 11.8 Å². The molecule has 1 aromatic carbocycles. The third-order valence-electron chi connectivity index (χ3n) is 4.75. The summed E-state index contributed by atoms with van der Waals surface area (Å²) in [5.74, 6) is -1.33. The molecule has 0 aliphatic heterocycles. The lowest BCUT2D eigenvalue weighted by atomic mass is 9.97. The lowest BCUT2D eigenvalue weighted by Gasteiger charge is -2.23. The fourth-order valence-corrected chi connectivity index (χ4v) is 3.05. The lowest BCUT2D eigenvalue weighted by molar-refractivity contribution is -0.139. The molecule has 0 fully saturated rings. The van der Waals surface area contributed by atoms with Gasteiger partial charge in [-0.05, 0) is 57.4 Å². The number of aliphatic hydroxyl groups is 1. The van der Waals surface area contributed by atoms with E-state index >= 15 is 0 Å². The maximum Gasteiger partial charge on any atom is 0.309 e. The Morgan fingerprint density at radius 1 is 1.08 bits per heavy atom. The smallest absolute Gasteiger partial charge is 0.309 e. The van der Waals surface area contributed by atoms with Crippen molar-refractivity contribution < 1.29 is 14.7 Å². The van der Waals surface area contributed by atoms with Crippen LogP contribution in [0, 0.1) is 0 Å². The van der Waals surface area contributed by atoms with E-state index in [1.54, 1.807) is 6.92 Å². The van der Waals surface area contributed by atoms with Crippen molar-refractivity contribution in [2.24, 2.45) is 0 Å². The molecule has 0 saturated heterocycles. The van der Waals surface area contributed by atoms with Gasteiger partial charge in [0.05, 0.1) is 5.60 Å². The third-order valence-corrected chi connectivity index (χ3v) is 4.75. The van der Waals surface area contributed by atoms with E-state index in [1.165, 1.54) is 18.4 Å². The molecule has 142 valence electrons. The fraction of sp³-hybridized carbons (Fsp3) is 0.524. The number of allylic oxidation sites excluding steroid dienone is 1. The molecule has 0 heterocycles. The molecule has 26 heavy (non-hydrogen) atoms. The molecule has 1 aliphatic rings. The summed E-state index contributed by atoms with van der Waals surface area (Å²) in [6.45, 7) is 2.20. The number of rotatable bonds is 8. The molecular weight excluding hydrogens is 328 g/mol. The van der Waals surface area contributed by atoms with Gasteiger partial charge in [-0.25, -0.2) is 0 Å². The molecule has 1 aromatic rings. The van der Waals surface area contributed by atoms with E-state index in [9.17, 15) is 14.7 Å². The quantitative estimate of drug-likeness (QED) is 0.493. The molecule has 0 radical (unpaired) electrons. The first-order valence-corrected chi connectivity index (χ1v) is 9.46. The Balaban J connectivity index is 1.65. The summed E-state index contributed by atoms with van der Waals surface area (Å²) in [5, 5.41) is 15.6. The minimum Gasteiger partial charge on any atom is -0.388 e. The second kappa shape index (κ2) is 10.1. The van der Waals surface area contributed by atoms with Crippen molar-refractivity contribution in [1.82, 2.24) is 10.6 Å². The molecule has 1 aliphatic carbocycles. The highest BCUT2D eigenvalue weighted by atomic mass is 16.3. The largest absolute Gasteiger partial charge is 0.388 e. The van der Waals surface area contributed by atoms with Crippen LogP contribution in [0.1, 0.15) is 51.0 Å². The predicted molar refractivity (Wildman–Crippen MR) is 103 cm³/mol. The first-order chi connectivity index (χ1) is 12.5. The van der Waals surface area contributed by atoms with Crippen LogP contribution >= 0.6 is 0 Å². The van der Waals surface area contributed by atoms with Crippen LogP contribution in [0.15, 0.2) is 42.0 Å². The van der Waals surface area contributed by atoms with E-state index in [2.05, 4.69) is 16.7 Å². The first-order valence-electron chi connectivity index (χ1n) is 9.46. The topological polar surface area (TPSA) is 78.4 Å². The molecule has 0 aromatic heterocycles. The SMILES string of the molecule is CC(O)(CCc1ccccc1)CNC(=O)C(=O)NCCC1=CCCCC1. The summed E-state index contributed by atoms with van der Waals surface area (Å²) in [4.78, 5) is 23.8. The maximum absolute atomic E-state index is 11.9. The zero-order valence-corrected chi connectivity index (χ0v) is 15.6. The monoisotopic (exact) mass is 358 g/mol. The van der Waals surface area contributed by atoms with Crippen molar-refractivity contribution in [2.75, 3.05) is 13.1 Å². The van der Waals surface area contributed by atoms with Gasteiger partial charge < -0.3 is 15.7 Å². The standard InChI is InChI=1S/C21H30N2O3/c1-21(26,14-12-17-8-4-2-5-9-17)16-23-20(25)19(24)22-15-13-18-10-6-3-7-11-18/h2,4-5,8-10,26H,3,6-7,11-16H2,1H3,(H,22,24)(H,23,25). The molecule has 3 N–H and O–H groups in total. The van der Waals surface area contributed by atoms with E-state index in [4.69, 9.17) is 0 Å². The number of hydrogen-bond acceptors (Lipinski definition) is 3. The molecule has 0 saturated carbocycles. The van der Waals surface area contributed by atoms with E-state index in [0.29, 0.717) is 19.4 Å². The van der Waals surface area contributed by atoms with Crippen molar-refractivity contribution in [3.63, 3.8) is 0 Å². The van der Waals surface area contributed by atoms with Gasteiger partial charge in [0.1, 0.15) is 0 Å². The maximum atomic E-state index is 11.9. The van der Waals surface area contributed by atoms with Crippen LogP contribution in [0.2, 0.25) is 0 Å². The normalized spacial score (nSPS) is 16.3. The number of carbonyl (C=O) groups excluding carboxylic acids is 2. The summed E-state index contributed by atoms with van der Waals surface area (Å²) < 4.78 is 0. The zero-order chi connectivity index (χ0) is 18.8. The Bertz CT molecular complexity index is 623. The van der Waals surface area contributed by atoms with Gasteiger partial charge in [-0.2, -0.15) is 0 Å². The van der Waals surface area contributed by atoms with Crippen LogP contribution in [-0.4, -0.2) is 35.6 Å². The van der Waals surface area contributed by atoms with Gasteiger partial charge in [0.15, 0.2) is 0 Å². The molecule has 1 unspecified atom stereocenters. The molecule has 2 amide bonds. The minimum atomic E-state index is -1.06. The van der Waals surface area contributed by atoms with Gasteiger partial charge in [-0.1, -0.05) is 42.0 Å². The van der Waals surface area contributed by atoms with Crippen molar-refractivity contribution in [2.45, 2.75) is 57.5 Å². The van der Waals surface area contributed by atoms with Crippen molar-refractivity contribution in [3.05, 3.63) is 47.5 Å². The molecule has 0 spiro atoms. The number of aryl methyl sites for hydroxylation is 1. The first kappa shape index (κ1) is 20.2. The van der Waals surface area contributed by atoms with Crippen molar-refractivity contribution in [1.29, 1.82) is 0 Å². The number of carbonyl (C=O) groups is 2. The minimum absolute atomic E-state index is 0.0528. The van der Waals surface area contributed by atoms with Crippen LogP contribution in [-0.2, 0) is 16.0 Å². The second-order valence-corrected chi connectivity index (χ2v) is 7.28. The van der Waals surface area contributed by atoms with Gasteiger partial charge >= 0.3 is 11.8 Å². The van der Waals surface area contributed by atoms with Crippen LogP contribution in [0.5, 0.6) is 0 Å². The van der Waals surface area contributed by atoms with Crippen LogP contribution in [0.3, 0.4) is 0 Å². The number of benzene rings is 1. The molecule has 0 bridgehead atoms. The van der Waals surface area contributed by atoms with Crippen LogP contribution in [0.25, 0.3) is 0 Å². The average Bonchev–Trinajstić information content (AvgIpc) is 2.66. The average molecular weight is 358 g/mol. The van der Waals surface area contributed by atoms with E-state index in [-0.39, 0.29) is 6.54 Å². The van der Waals surface area contributed by atoms with Crippen molar-refractivity contribution in [3.8, 4) is 0 Å². The van der Waals surface area contributed by atoms with Gasteiger partial charge in [-0.15, -0.1) is 0 Å². The number of nitrogens with one attached hydrogen (secondary N) is 2. The highest BCUT2D eigenvalue weighted by Gasteiger charge is 2.23. The zero-order valence-electron chi connectivity index (χ0n) is 15.6. The summed E-state index contributed by atoms with van der Waals surface area (Å²) in [7, 11) is 0. The van der Waals surface area contributed by atoms with Gasteiger partial charge in [0.2, 0.25) is 0 Å². The van der Waals surface area contributed by atoms with Gasteiger partial charge in [-0.3, -0.25) is 9.59 Å². The Hall–Kier alpha value is -2.14. The summed E-state index contributed by atoms with van der Waals surface area (Å²) in [6.07, 6.45) is 8.90. The van der Waals surface area contributed by atoms with E-state index in [0.717, 1.165) is 24.8 Å². The number of hydrogen-bond donors (Lipinski definition) is 3. The highest BCUT2D eigenvalue weighted by molar-refractivity contribution is 6.35. The fourth-order valence-electron chi connectivity index (χ4n) is 3.05. The van der Waals surface area contributed by atoms with Crippen LogP contribution in [0.4, 0.5) is 0 Å². The van der Waals surface area contributed by atoms with Gasteiger partial charge in [0.25, 0.3) is 0 Å².